The topological polar surface area (TPSA) is 24.7 Å². The summed E-state index contributed by atoms with van der Waals surface area (Å²) >= 11 is 11.4. The molecule has 0 saturated carbocycles. The third-order valence-corrected chi connectivity index (χ3v) is 0.677. The second-order valence-corrected chi connectivity index (χ2v) is 4.87. The first-order valence-electron chi connectivity index (χ1n) is 3.03. The van der Waals surface area contributed by atoms with Crippen LogP contribution >= 0.6 is 23.2 Å². The van der Waals surface area contributed by atoms with Crippen LogP contribution < -0.4 is 0 Å². The Hall–Kier alpha value is 0.180. The van der Waals surface area contributed by atoms with Crippen molar-refractivity contribution in [2.24, 2.45) is 10.2 Å². The molecule has 0 radical (unpaired) electrons. The Morgan fingerprint density at radius 1 is 0.800 bits per heavy atom. The Labute approximate surface area is 71.6 Å². The molecule has 0 atom stereocenters. The molecule has 0 aromatic heterocycles. The molecule has 0 aromatic rings. The van der Waals surface area contributed by atoms with Gasteiger partial charge in [-0.3, -0.25) is 0 Å². The molecule has 0 bridgehead atoms. The second kappa shape index (κ2) is 3.05. The van der Waals surface area contributed by atoms with Gasteiger partial charge in [0.15, 0.2) is 0 Å². The zero-order valence-electron chi connectivity index (χ0n) is 6.65. The van der Waals surface area contributed by atoms with E-state index >= 15 is 0 Å². The molecule has 0 saturated heterocycles. The molecule has 0 aliphatic carbocycles. The molecule has 0 unspecified atom stereocenters. The minimum absolute atomic E-state index is 0.647. The van der Waals surface area contributed by atoms with Crippen molar-refractivity contribution in [2.45, 2.75) is 37.7 Å². The summed E-state index contributed by atoms with van der Waals surface area (Å²) in [4.78, 5) is -1.29. The van der Waals surface area contributed by atoms with Gasteiger partial charge in [-0.2, -0.15) is 10.2 Å². The Morgan fingerprint density at radius 3 is 1.10 bits per heavy atom. The molecule has 0 fully saturated rings. The predicted octanol–water partition coefficient (Wildman–Crippen LogP) is 3.39. The summed E-state index contributed by atoms with van der Waals surface area (Å²) in [5.74, 6) is 0. The highest BCUT2D eigenvalue weighted by molar-refractivity contribution is 6.23. The molecule has 0 aliphatic rings. The summed E-state index contributed by atoms with van der Waals surface area (Å²) in [5.41, 5.74) is 0. The lowest BCUT2D eigenvalue weighted by atomic mass is 10.4. The first-order valence-corrected chi connectivity index (χ1v) is 3.78. The Kier molecular flexibility index (Phi) is 3.11. The number of azo groups is 1. The molecule has 4 heteroatoms. The molecule has 10 heavy (non-hydrogen) atoms. The van der Waals surface area contributed by atoms with E-state index in [1.165, 1.54) is 0 Å². The molecule has 0 rings (SSSR count). The number of rotatable bonds is 2. The lowest BCUT2D eigenvalue weighted by molar-refractivity contribution is 0.600. The van der Waals surface area contributed by atoms with Crippen LogP contribution in [0.1, 0.15) is 27.7 Å². The van der Waals surface area contributed by atoms with E-state index in [-0.39, 0.29) is 0 Å². The van der Waals surface area contributed by atoms with Gasteiger partial charge in [-0.15, -0.1) is 0 Å². The number of alkyl halides is 2. The third-order valence-electron chi connectivity index (χ3n) is 0.526. The molecule has 0 heterocycles. The van der Waals surface area contributed by atoms with Crippen LogP contribution in [0.25, 0.3) is 0 Å². The van der Waals surface area contributed by atoms with Crippen LogP contribution in [-0.2, 0) is 0 Å². The maximum Gasteiger partial charge on any atom is 0.149 e. The van der Waals surface area contributed by atoms with Crippen molar-refractivity contribution in [1.82, 2.24) is 0 Å². The zero-order chi connectivity index (χ0) is 8.41. The minimum Gasteiger partial charge on any atom is -0.170 e. The molecule has 0 aliphatic heterocycles. The first-order chi connectivity index (χ1) is 4.21. The van der Waals surface area contributed by atoms with Crippen molar-refractivity contribution in [1.29, 1.82) is 0 Å². The molecule has 2 nitrogen and oxygen atoms in total. The number of hydrogen-bond donors (Lipinski definition) is 0. The molecule has 60 valence electrons. The summed E-state index contributed by atoms with van der Waals surface area (Å²) in [6.07, 6.45) is 0. The largest absolute Gasteiger partial charge is 0.170 e. The van der Waals surface area contributed by atoms with Gasteiger partial charge in [0.25, 0.3) is 0 Å². The van der Waals surface area contributed by atoms with Crippen LogP contribution in [-0.4, -0.2) is 10.00 Å². The predicted molar refractivity (Wildman–Crippen MR) is 44.7 cm³/mol. The highest BCUT2D eigenvalue weighted by Crippen LogP contribution is 2.20. The van der Waals surface area contributed by atoms with Crippen molar-refractivity contribution in [3.63, 3.8) is 0 Å². The summed E-state index contributed by atoms with van der Waals surface area (Å²) in [7, 11) is 0. The van der Waals surface area contributed by atoms with E-state index in [4.69, 9.17) is 23.2 Å². The van der Waals surface area contributed by atoms with Crippen LogP contribution in [0.15, 0.2) is 10.2 Å². The van der Waals surface area contributed by atoms with Gasteiger partial charge in [-0.1, -0.05) is 23.2 Å². The van der Waals surface area contributed by atoms with Crippen molar-refractivity contribution in [3.8, 4) is 0 Å². The summed E-state index contributed by atoms with van der Waals surface area (Å²) in [5, 5.41) is 7.57. The minimum atomic E-state index is -0.647. The monoisotopic (exact) mass is 182 g/mol. The molecule has 0 aromatic carbocycles. The fourth-order valence-corrected chi connectivity index (χ4v) is 0.313. The van der Waals surface area contributed by atoms with Crippen molar-refractivity contribution < 1.29 is 0 Å². The van der Waals surface area contributed by atoms with E-state index in [0.717, 1.165) is 0 Å². The summed E-state index contributed by atoms with van der Waals surface area (Å²) in [6, 6.07) is 0. The first kappa shape index (κ1) is 10.2. The average molecular weight is 183 g/mol. The van der Waals surface area contributed by atoms with Gasteiger partial charge in [0.1, 0.15) is 10.00 Å². The summed E-state index contributed by atoms with van der Waals surface area (Å²) in [6.45, 7) is 7.00. The van der Waals surface area contributed by atoms with E-state index in [2.05, 4.69) is 10.2 Å². The Balaban J connectivity index is 4.01. The second-order valence-electron chi connectivity index (χ2n) is 3.02. The molecular formula is C6H12Cl2N2. The van der Waals surface area contributed by atoms with Gasteiger partial charge in [0.05, 0.1) is 0 Å². The lowest BCUT2D eigenvalue weighted by Crippen LogP contribution is -2.09. The zero-order valence-corrected chi connectivity index (χ0v) is 8.16. The summed E-state index contributed by atoms with van der Waals surface area (Å²) < 4.78 is 0. The van der Waals surface area contributed by atoms with Crippen LogP contribution in [0.2, 0.25) is 0 Å². The Morgan fingerprint density at radius 2 is 1.00 bits per heavy atom. The van der Waals surface area contributed by atoms with E-state index in [1.807, 2.05) is 0 Å². The number of hydrogen-bond acceptors (Lipinski definition) is 2. The average Bonchev–Trinajstić information content (AvgIpc) is 1.57. The maximum absolute atomic E-state index is 5.72. The van der Waals surface area contributed by atoms with Gasteiger partial charge in [0, 0.05) is 0 Å². The molecule has 0 N–H and O–H groups in total. The normalized spacial score (nSPS) is 14.6. The van der Waals surface area contributed by atoms with E-state index < -0.39 is 10.00 Å². The van der Waals surface area contributed by atoms with Gasteiger partial charge < -0.3 is 0 Å². The van der Waals surface area contributed by atoms with Gasteiger partial charge in [-0.05, 0) is 27.7 Å². The SMILES string of the molecule is CC(C)(Cl)N=NC(C)(C)Cl. The van der Waals surface area contributed by atoms with Crippen LogP contribution in [0.3, 0.4) is 0 Å². The quantitative estimate of drug-likeness (QED) is 0.356. The van der Waals surface area contributed by atoms with E-state index in [9.17, 15) is 0 Å². The molecule has 0 spiro atoms. The van der Waals surface area contributed by atoms with Crippen LogP contribution in [0, 0.1) is 0 Å². The van der Waals surface area contributed by atoms with Crippen LogP contribution in [0.5, 0.6) is 0 Å². The standard InChI is InChI=1S/C6H12Cl2N2/c1-5(2,7)9-10-6(3,4)8/h1-4H3. The fourth-order valence-electron chi connectivity index (χ4n) is 0.238. The molecular weight excluding hydrogens is 171 g/mol. The number of halogens is 2. The van der Waals surface area contributed by atoms with Crippen LogP contribution in [0.4, 0.5) is 0 Å². The fraction of sp³-hybridized carbons (Fsp3) is 1.00. The van der Waals surface area contributed by atoms with Crippen molar-refractivity contribution in [2.75, 3.05) is 0 Å². The lowest BCUT2D eigenvalue weighted by Gasteiger charge is -2.11. The van der Waals surface area contributed by atoms with Gasteiger partial charge in [0.2, 0.25) is 0 Å². The van der Waals surface area contributed by atoms with Crippen molar-refractivity contribution in [3.05, 3.63) is 0 Å². The smallest absolute Gasteiger partial charge is 0.149 e. The number of nitrogens with zero attached hydrogens (tertiary/aromatic N) is 2. The van der Waals surface area contributed by atoms with E-state index in [0.29, 0.717) is 0 Å². The highest BCUT2D eigenvalue weighted by atomic mass is 35.5. The Bertz CT molecular complexity index is 114. The van der Waals surface area contributed by atoms with Gasteiger partial charge in [-0.25, -0.2) is 0 Å². The highest BCUT2D eigenvalue weighted by Gasteiger charge is 2.15. The maximum atomic E-state index is 5.72. The third kappa shape index (κ3) is 8.18. The van der Waals surface area contributed by atoms with E-state index in [1.54, 1.807) is 27.7 Å². The van der Waals surface area contributed by atoms with Crippen molar-refractivity contribution >= 4 is 23.2 Å². The molecule has 0 amide bonds. The van der Waals surface area contributed by atoms with Gasteiger partial charge >= 0.3 is 0 Å².